The van der Waals surface area contributed by atoms with E-state index in [1.54, 1.807) is 35.2 Å². The molecular weight excluding hydrogens is 392 g/mol. The fourth-order valence-corrected chi connectivity index (χ4v) is 3.94. The summed E-state index contributed by atoms with van der Waals surface area (Å²) in [5.41, 5.74) is 0.605. The number of hydrogen-bond donors (Lipinski definition) is 1. The van der Waals surface area contributed by atoms with E-state index >= 15 is 0 Å². The molecule has 29 heavy (non-hydrogen) atoms. The van der Waals surface area contributed by atoms with E-state index in [0.717, 1.165) is 19.4 Å². The summed E-state index contributed by atoms with van der Waals surface area (Å²) in [6, 6.07) is 5.16. The monoisotopic (exact) mass is 410 g/mol. The third-order valence-corrected chi connectivity index (χ3v) is 5.65. The van der Waals surface area contributed by atoms with Gasteiger partial charge in [0.1, 0.15) is 0 Å². The quantitative estimate of drug-likeness (QED) is 0.403. The van der Waals surface area contributed by atoms with Crippen LogP contribution < -0.4 is 11.1 Å². The van der Waals surface area contributed by atoms with E-state index < -0.39 is 0 Å². The van der Waals surface area contributed by atoms with Gasteiger partial charge in [0.25, 0.3) is 11.1 Å². The second-order valence-corrected chi connectivity index (χ2v) is 7.67. The molecule has 0 spiro atoms. The Morgan fingerprint density at radius 1 is 1.17 bits per heavy atom. The number of pyridine rings is 3. The number of rotatable bonds is 4. The van der Waals surface area contributed by atoms with Crippen molar-refractivity contribution in [2.45, 2.75) is 30.6 Å². The number of fused-ring (bicyclic) bond motifs is 2. The van der Waals surface area contributed by atoms with Crippen LogP contribution in [0.2, 0.25) is 0 Å². The molecule has 0 radical (unpaired) electrons. The van der Waals surface area contributed by atoms with Gasteiger partial charge in [0, 0.05) is 19.0 Å². The third-order valence-electron chi connectivity index (χ3n) is 5.10. The van der Waals surface area contributed by atoms with E-state index in [-0.39, 0.29) is 17.2 Å². The van der Waals surface area contributed by atoms with Gasteiger partial charge < -0.3 is 9.30 Å². The largest absolute Gasteiger partial charge is 0.376 e. The lowest BCUT2D eigenvalue weighted by atomic mass is 10.2. The zero-order valence-corrected chi connectivity index (χ0v) is 16.5. The molecular formula is C19H18N6O3S. The van der Waals surface area contributed by atoms with Gasteiger partial charge in [-0.2, -0.15) is 4.98 Å². The van der Waals surface area contributed by atoms with Crippen molar-refractivity contribution in [2.24, 2.45) is 0 Å². The first-order chi connectivity index (χ1) is 14.1. The predicted octanol–water partition coefficient (Wildman–Crippen LogP) is 1.72. The Labute approximate surface area is 168 Å². The van der Waals surface area contributed by atoms with E-state index in [0.29, 0.717) is 39.5 Å². The molecule has 1 N–H and O–H groups in total. The number of nitrogens with zero attached hydrogens (tertiary/aromatic N) is 5. The molecule has 0 aromatic carbocycles. The van der Waals surface area contributed by atoms with Crippen molar-refractivity contribution < 1.29 is 4.74 Å². The number of ether oxygens (including phenoxy) is 1. The number of H-pyrrole nitrogens is 1. The van der Waals surface area contributed by atoms with Gasteiger partial charge in [-0.1, -0.05) is 11.8 Å². The molecule has 1 fully saturated rings. The lowest BCUT2D eigenvalue weighted by Crippen LogP contribution is -2.26. The third kappa shape index (κ3) is 3.14. The standard InChI is InChI=1S/C19H18N6O3S/c1-29-19-21-18(22-23-19)25-7-5-15-13(17(25)27)9-12-14(20-15)4-6-24(16(12)26)10-11-3-2-8-28-11/h4-7,9,11H,2-3,8,10H2,1H3,(H,21,22,23). The molecule has 148 valence electrons. The topological polar surface area (TPSA) is 108 Å². The van der Waals surface area contributed by atoms with Gasteiger partial charge in [-0.05, 0) is 37.3 Å². The van der Waals surface area contributed by atoms with Crippen LogP contribution in [0.25, 0.3) is 27.8 Å². The molecule has 5 heterocycles. The zero-order chi connectivity index (χ0) is 20.0. The fraction of sp³-hybridized carbons (Fsp3) is 0.316. The van der Waals surface area contributed by atoms with Gasteiger partial charge >= 0.3 is 0 Å². The predicted molar refractivity (Wildman–Crippen MR) is 110 cm³/mol. The second kappa shape index (κ2) is 7.12. The summed E-state index contributed by atoms with van der Waals surface area (Å²) in [5, 5.41) is 8.11. The van der Waals surface area contributed by atoms with E-state index in [1.807, 2.05) is 6.26 Å². The van der Waals surface area contributed by atoms with Crippen LogP contribution in [0.3, 0.4) is 0 Å². The Kier molecular flexibility index (Phi) is 4.44. The lowest BCUT2D eigenvalue weighted by molar-refractivity contribution is 0.0963. The van der Waals surface area contributed by atoms with Gasteiger partial charge in [0.05, 0.1) is 34.5 Å². The van der Waals surface area contributed by atoms with E-state index in [2.05, 4.69) is 20.2 Å². The second-order valence-electron chi connectivity index (χ2n) is 6.90. The first kappa shape index (κ1) is 18.1. The van der Waals surface area contributed by atoms with Crippen LogP contribution in [0.5, 0.6) is 0 Å². The number of aromatic amines is 1. The summed E-state index contributed by atoms with van der Waals surface area (Å²) in [7, 11) is 0. The maximum atomic E-state index is 13.0. The minimum Gasteiger partial charge on any atom is -0.376 e. The lowest BCUT2D eigenvalue weighted by Gasteiger charge is -2.12. The van der Waals surface area contributed by atoms with Crippen LogP contribution in [0.1, 0.15) is 12.8 Å². The number of aromatic nitrogens is 6. The number of nitrogens with one attached hydrogen (secondary N) is 1. The smallest absolute Gasteiger partial charge is 0.266 e. The highest BCUT2D eigenvalue weighted by molar-refractivity contribution is 7.98. The van der Waals surface area contributed by atoms with Crippen LogP contribution in [0.4, 0.5) is 0 Å². The molecule has 4 aromatic heterocycles. The highest BCUT2D eigenvalue weighted by Crippen LogP contribution is 2.17. The van der Waals surface area contributed by atoms with Crippen molar-refractivity contribution in [3.63, 3.8) is 0 Å². The van der Waals surface area contributed by atoms with E-state index in [1.165, 1.54) is 16.3 Å². The molecule has 10 heteroatoms. The Morgan fingerprint density at radius 3 is 2.69 bits per heavy atom. The molecule has 0 amide bonds. The average Bonchev–Trinajstić information content (AvgIpc) is 3.42. The molecule has 0 saturated carbocycles. The van der Waals surface area contributed by atoms with E-state index in [9.17, 15) is 9.59 Å². The maximum absolute atomic E-state index is 13.0. The van der Waals surface area contributed by atoms with Crippen LogP contribution in [-0.4, -0.2) is 48.3 Å². The number of hydrogen-bond acceptors (Lipinski definition) is 7. The Balaban J connectivity index is 1.65. The van der Waals surface area contributed by atoms with Crippen molar-refractivity contribution >= 4 is 33.6 Å². The van der Waals surface area contributed by atoms with Crippen molar-refractivity contribution in [2.75, 3.05) is 12.9 Å². The van der Waals surface area contributed by atoms with Gasteiger partial charge in [0.2, 0.25) is 11.1 Å². The SMILES string of the molecule is CSc1n[nH]c(-n2ccc3nc4ccn(CC5CCCO5)c(=O)c4cc3c2=O)n1. The molecule has 0 aliphatic carbocycles. The summed E-state index contributed by atoms with van der Waals surface area (Å²) in [6.45, 7) is 1.24. The number of thioether (sulfide) groups is 1. The highest BCUT2D eigenvalue weighted by atomic mass is 32.2. The van der Waals surface area contributed by atoms with Crippen molar-refractivity contribution in [3.05, 3.63) is 51.3 Å². The molecule has 1 unspecified atom stereocenters. The van der Waals surface area contributed by atoms with Crippen molar-refractivity contribution in [3.8, 4) is 5.95 Å². The molecule has 9 nitrogen and oxygen atoms in total. The Hall–Kier alpha value is -2.98. The summed E-state index contributed by atoms with van der Waals surface area (Å²) in [6.07, 6.45) is 7.21. The Bertz CT molecular complexity index is 1340. The average molecular weight is 410 g/mol. The van der Waals surface area contributed by atoms with Crippen molar-refractivity contribution in [1.29, 1.82) is 0 Å². The van der Waals surface area contributed by atoms with Crippen LogP contribution in [0.15, 0.2) is 45.3 Å². The minimum absolute atomic E-state index is 0.0490. The van der Waals surface area contributed by atoms with Crippen LogP contribution >= 0.6 is 11.8 Å². The highest BCUT2D eigenvalue weighted by Gasteiger charge is 2.18. The fourth-order valence-electron chi connectivity index (χ4n) is 3.62. The molecule has 4 aromatic rings. The van der Waals surface area contributed by atoms with Gasteiger partial charge in [0.15, 0.2) is 0 Å². The van der Waals surface area contributed by atoms with Crippen LogP contribution in [-0.2, 0) is 11.3 Å². The summed E-state index contributed by atoms with van der Waals surface area (Å²) >= 11 is 1.38. The molecule has 5 rings (SSSR count). The Morgan fingerprint density at radius 2 is 1.97 bits per heavy atom. The molecule has 1 atom stereocenters. The normalized spacial score (nSPS) is 16.8. The summed E-state index contributed by atoms with van der Waals surface area (Å²) < 4.78 is 8.65. The molecule has 0 bridgehead atoms. The molecule has 1 aliphatic heterocycles. The summed E-state index contributed by atoms with van der Waals surface area (Å²) in [4.78, 5) is 34.8. The van der Waals surface area contributed by atoms with Gasteiger partial charge in [-0.25, -0.2) is 10.1 Å². The maximum Gasteiger partial charge on any atom is 0.266 e. The van der Waals surface area contributed by atoms with Crippen LogP contribution in [0, 0.1) is 0 Å². The zero-order valence-electron chi connectivity index (χ0n) is 15.7. The summed E-state index contributed by atoms with van der Waals surface area (Å²) in [5.74, 6) is 0.324. The molecule has 1 aliphatic rings. The first-order valence-corrected chi connectivity index (χ1v) is 10.5. The first-order valence-electron chi connectivity index (χ1n) is 9.28. The van der Waals surface area contributed by atoms with Crippen molar-refractivity contribution in [1.82, 2.24) is 29.3 Å². The van der Waals surface area contributed by atoms with Gasteiger partial charge in [-0.3, -0.25) is 14.2 Å². The van der Waals surface area contributed by atoms with E-state index in [4.69, 9.17) is 4.74 Å². The minimum atomic E-state index is -0.311. The van der Waals surface area contributed by atoms with Gasteiger partial charge in [-0.15, -0.1) is 5.10 Å². The molecule has 1 saturated heterocycles.